The second-order valence-electron chi connectivity index (χ2n) is 6.92. The van der Waals surface area contributed by atoms with E-state index in [4.69, 9.17) is 4.74 Å². The van der Waals surface area contributed by atoms with E-state index in [2.05, 4.69) is 26.3 Å². The summed E-state index contributed by atoms with van der Waals surface area (Å²) in [6.45, 7) is 5.97. The molecule has 0 saturated carbocycles. The number of anilines is 1. The maximum Gasteiger partial charge on any atom is 0.276 e. The third-order valence-corrected chi connectivity index (χ3v) is 4.91. The monoisotopic (exact) mass is 376 g/mol. The van der Waals surface area contributed by atoms with Gasteiger partial charge in [-0.15, -0.1) is 0 Å². The van der Waals surface area contributed by atoms with Gasteiger partial charge in [-0.25, -0.2) is 4.98 Å². The van der Waals surface area contributed by atoms with E-state index < -0.39 is 0 Å². The highest BCUT2D eigenvalue weighted by Crippen LogP contribution is 2.21. The predicted octanol–water partition coefficient (Wildman–Crippen LogP) is 3.47. The smallest absolute Gasteiger partial charge is 0.276 e. The third-order valence-electron chi connectivity index (χ3n) is 4.91. The molecule has 1 saturated heterocycles. The van der Waals surface area contributed by atoms with Crippen LogP contribution in [0.1, 0.15) is 21.7 Å². The number of nitrogens with one attached hydrogen (secondary N) is 2. The van der Waals surface area contributed by atoms with Crippen molar-refractivity contribution >= 4 is 11.6 Å². The molecule has 1 aromatic heterocycles. The molecule has 3 aromatic rings. The molecule has 144 valence electrons. The first kappa shape index (κ1) is 18.4. The minimum Gasteiger partial charge on any atom is -0.379 e. The van der Waals surface area contributed by atoms with Gasteiger partial charge >= 0.3 is 0 Å². The van der Waals surface area contributed by atoms with Crippen molar-refractivity contribution in [1.82, 2.24) is 14.9 Å². The molecule has 6 nitrogen and oxygen atoms in total. The van der Waals surface area contributed by atoms with Crippen LogP contribution >= 0.6 is 0 Å². The molecular formula is C22H24N4O2. The number of imidazole rings is 1. The SMILES string of the molecule is Cc1[nH]c(-c2ccccc2)nc1C(=O)Nc1ccccc1CN1CCOCC1. The minimum atomic E-state index is -0.203. The number of carbonyl (C=O) groups is 1. The number of aryl methyl sites for hydroxylation is 1. The van der Waals surface area contributed by atoms with Crippen molar-refractivity contribution in [2.24, 2.45) is 0 Å². The fourth-order valence-corrected chi connectivity index (χ4v) is 3.38. The van der Waals surface area contributed by atoms with E-state index in [-0.39, 0.29) is 5.91 Å². The molecule has 2 heterocycles. The van der Waals surface area contributed by atoms with Crippen LogP contribution in [-0.4, -0.2) is 47.1 Å². The number of hydrogen-bond donors (Lipinski definition) is 2. The Kier molecular flexibility index (Phi) is 5.50. The molecule has 0 bridgehead atoms. The highest BCUT2D eigenvalue weighted by atomic mass is 16.5. The molecule has 4 rings (SSSR count). The first-order valence-electron chi connectivity index (χ1n) is 9.52. The maximum atomic E-state index is 12.9. The van der Waals surface area contributed by atoms with Crippen LogP contribution in [0.3, 0.4) is 0 Å². The number of benzene rings is 2. The summed E-state index contributed by atoms with van der Waals surface area (Å²) < 4.78 is 5.42. The Morgan fingerprint density at radius 3 is 2.61 bits per heavy atom. The highest BCUT2D eigenvalue weighted by Gasteiger charge is 2.18. The molecule has 0 unspecified atom stereocenters. The van der Waals surface area contributed by atoms with E-state index in [1.165, 1.54) is 0 Å². The van der Waals surface area contributed by atoms with Crippen LogP contribution in [0, 0.1) is 6.92 Å². The predicted molar refractivity (Wildman–Crippen MR) is 109 cm³/mol. The largest absolute Gasteiger partial charge is 0.379 e. The van der Waals surface area contributed by atoms with Crippen LogP contribution in [0.25, 0.3) is 11.4 Å². The maximum absolute atomic E-state index is 12.9. The van der Waals surface area contributed by atoms with E-state index in [1.807, 2.05) is 55.5 Å². The quantitative estimate of drug-likeness (QED) is 0.715. The van der Waals surface area contributed by atoms with Crippen molar-refractivity contribution in [3.05, 3.63) is 71.5 Å². The second kappa shape index (κ2) is 8.37. The summed E-state index contributed by atoms with van der Waals surface area (Å²) in [4.78, 5) is 23.0. The standard InChI is InChI=1S/C22H24N4O2/c1-16-20(25-21(23-16)17-7-3-2-4-8-17)22(27)24-19-10-6-5-9-18(19)15-26-11-13-28-14-12-26/h2-10H,11-15H2,1H3,(H,23,25)(H,24,27). The number of hydrogen-bond acceptors (Lipinski definition) is 4. The van der Waals surface area contributed by atoms with Gasteiger partial charge in [0.15, 0.2) is 0 Å². The van der Waals surface area contributed by atoms with Gasteiger partial charge < -0.3 is 15.0 Å². The number of nitrogens with zero attached hydrogens (tertiary/aromatic N) is 2. The Morgan fingerprint density at radius 1 is 1.11 bits per heavy atom. The first-order chi connectivity index (χ1) is 13.7. The van der Waals surface area contributed by atoms with E-state index in [0.717, 1.165) is 55.4 Å². The second-order valence-corrected chi connectivity index (χ2v) is 6.92. The van der Waals surface area contributed by atoms with Crippen LogP contribution in [0.2, 0.25) is 0 Å². The number of amides is 1. The molecule has 0 atom stereocenters. The Hall–Kier alpha value is -2.96. The molecule has 2 N–H and O–H groups in total. The molecule has 0 spiro atoms. The van der Waals surface area contributed by atoms with Gasteiger partial charge in [0.2, 0.25) is 0 Å². The van der Waals surface area contributed by atoms with Gasteiger partial charge in [-0.05, 0) is 18.6 Å². The van der Waals surface area contributed by atoms with Crippen LogP contribution < -0.4 is 5.32 Å². The Balaban J connectivity index is 1.52. The van der Waals surface area contributed by atoms with Gasteiger partial charge in [-0.3, -0.25) is 9.69 Å². The minimum absolute atomic E-state index is 0.203. The number of morpholine rings is 1. The molecule has 1 aliphatic heterocycles. The molecule has 1 fully saturated rings. The van der Waals surface area contributed by atoms with Crippen molar-refractivity contribution in [3.8, 4) is 11.4 Å². The lowest BCUT2D eigenvalue weighted by Crippen LogP contribution is -2.35. The summed E-state index contributed by atoms with van der Waals surface area (Å²) in [5, 5.41) is 3.04. The Bertz CT molecular complexity index is 946. The lowest BCUT2D eigenvalue weighted by molar-refractivity contribution is 0.0342. The molecule has 28 heavy (non-hydrogen) atoms. The van der Waals surface area contributed by atoms with Gasteiger partial charge in [0.1, 0.15) is 11.5 Å². The average Bonchev–Trinajstić information content (AvgIpc) is 3.13. The number of rotatable bonds is 5. The summed E-state index contributed by atoms with van der Waals surface area (Å²) in [7, 11) is 0. The van der Waals surface area contributed by atoms with E-state index in [0.29, 0.717) is 11.5 Å². The van der Waals surface area contributed by atoms with Crippen molar-refractivity contribution < 1.29 is 9.53 Å². The zero-order chi connectivity index (χ0) is 19.3. The summed E-state index contributed by atoms with van der Waals surface area (Å²) in [6, 6.07) is 17.7. The topological polar surface area (TPSA) is 70.2 Å². The number of H-pyrrole nitrogens is 1. The summed E-state index contributed by atoms with van der Waals surface area (Å²) in [5.41, 5.74) is 4.04. The van der Waals surface area contributed by atoms with Crippen LogP contribution in [0.15, 0.2) is 54.6 Å². The zero-order valence-electron chi connectivity index (χ0n) is 15.9. The molecule has 1 amide bonds. The third kappa shape index (κ3) is 4.13. The molecule has 1 aliphatic rings. The molecule has 0 radical (unpaired) electrons. The molecule has 6 heteroatoms. The van der Waals surface area contributed by atoms with Gasteiger partial charge in [-0.2, -0.15) is 0 Å². The van der Waals surface area contributed by atoms with Gasteiger partial charge in [0, 0.05) is 36.6 Å². The lowest BCUT2D eigenvalue weighted by atomic mass is 10.1. The Morgan fingerprint density at radius 2 is 1.82 bits per heavy atom. The van der Waals surface area contributed by atoms with Crippen molar-refractivity contribution in [2.45, 2.75) is 13.5 Å². The number of carbonyl (C=O) groups excluding carboxylic acids is 1. The van der Waals surface area contributed by atoms with Crippen molar-refractivity contribution in [3.63, 3.8) is 0 Å². The molecule has 2 aromatic carbocycles. The van der Waals surface area contributed by atoms with E-state index >= 15 is 0 Å². The lowest BCUT2D eigenvalue weighted by Gasteiger charge is -2.27. The number of ether oxygens (including phenoxy) is 1. The molecule has 0 aliphatic carbocycles. The highest BCUT2D eigenvalue weighted by molar-refractivity contribution is 6.04. The Labute approximate surface area is 164 Å². The first-order valence-corrected chi connectivity index (χ1v) is 9.52. The van der Waals surface area contributed by atoms with Crippen LogP contribution in [0.4, 0.5) is 5.69 Å². The normalized spacial score (nSPS) is 14.8. The zero-order valence-corrected chi connectivity index (χ0v) is 15.9. The van der Waals surface area contributed by atoms with E-state index in [1.54, 1.807) is 0 Å². The van der Waals surface area contributed by atoms with Crippen molar-refractivity contribution in [2.75, 3.05) is 31.6 Å². The van der Waals surface area contributed by atoms with Gasteiger partial charge in [0.05, 0.1) is 13.2 Å². The number of aromatic amines is 1. The summed E-state index contributed by atoms with van der Waals surface area (Å²) >= 11 is 0. The average molecular weight is 376 g/mol. The summed E-state index contributed by atoms with van der Waals surface area (Å²) in [6.07, 6.45) is 0. The fraction of sp³-hybridized carbons (Fsp3) is 0.273. The van der Waals surface area contributed by atoms with Crippen molar-refractivity contribution in [1.29, 1.82) is 0 Å². The van der Waals surface area contributed by atoms with Gasteiger partial charge in [0.25, 0.3) is 5.91 Å². The number of para-hydroxylation sites is 1. The van der Waals surface area contributed by atoms with Crippen LogP contribution in [0.5, 0.6) is 0 Å². The van der Waals surface area contributed by atoms with E-state index in [9.17, 15) is 4.79 Å². The fourth-order valence-electron chi connectivity index (χ4n) is 3.38. The molecular weight excluding hydrogens is 352 g/mol. The van der Waals surface area contributed by atoms with Gasteiger partial charge in [-0.1, -0.05) is 48.5 Å². The summed E-state index contributed by atoms with van der Waals surface area (Å²) in [5.74, 6) is 0.496. The van der Waals surface area contributed by atoms with Crippen LogP contribution in [-0.2, 0) is 11.3 Å². The number of aromatic nitrogens is 2.